The van der Waals surface area contributed by atoms with Gasteiger partial charge in [0.05, 0.1) is 12.0 Å². The van der Waals surface area contributed by atoms with E-state index in [-0.39, 0.29) is 24.1 Å². The topological polar surface area (TPSA) is 44.1 Å². The maximum absolute atomic E-state index is 12.8. The number of hydrogen-bond donors (Lipinski definition) is 0. The van der Waals surface area contributed by atoms with Gasteiger partial charge in [0.15, 0.2) is 0 Å². The minimum Gasteiger partial charge on any atom is -0.312 e. The van der Waals surface area contributed by atoms with Gasteiger partial charge in [-0.1, -0.05) is 0 Å². The predicted molar refractivity (Wildman–Crippen MR) is 61.7 cm³/mol. The Morgan fingerprint density at radius 3 is 2.71 bits per heavy atom. The molecule has 0 radical (unpaired) electrons. The zero-order chi connectivity index (χ0) is 12.3. The smallest absolute Gasteiger partial charge is 0.228 e. The predicted octanol–water partition coefficient (Wildman–Crippen LogP) is 2.48. The van der Waals surface area contributed by atoms with E-state index in [1.54, 1.807) is 17.0 Å². The molecule has 1 heterocycles. The second-order valence-electron chi connectivity index (χ2n) is 4.19. The molecule has 1 aliphatic rings. The number of amides is 1. The highest BCUT2D eigenvalue weighted by Crippen LogP contribution is 2.23. The van der Waals surface area contributed by atoms with Crippen molar-refractivity contribution in [3.63, 3.8) is 0 Å². The molecule has 0 bridgehead atoms. The molecule has 17 heavy (non-hydrogen) atoms. The van der Waals surface area contributed by atoms with Crippen molar-refractivity contribution in [2.75, 3.05) is 11.4 Å². The Kier molecular flexibility index (Phi) is 3.38. The van der Waals surface area contributed by atoms with E-state index in [0.29, 0.717) is 12.2 Å². The molecule has 1 atom stereocenters. The average Bonchev–Trinajstić information content (AvgIpc) is 2.52. The number of anilines is 1. The van der Waals surface area contributed by atoms with Crippen LogP contribution in [0.2, 0.25) is 0 Å². The Balaban J connectivity index is 2.18. The molecule has 0 aromatic heterocycles. The van der Waals surface area contributed by atoms with Gasteiger partial charge in [-0.25, -0.2) is 4.39 Å². The third-order valence-corrected chi connectivity index (χ3v) is 2.98. The van der Waals surface area contributed by atoms with Gasteiger partial charge < -0.3 is 4.90 Å². The van der Waals surface area contributed by atoms with Crippen LogP contribution in [0.4, 0.5) is 10.1 Å². The first-order valence-corrected chi connectivity index (χ1v) is 5.66. The van der Waals surface area contributed by atoms with E-state index in [4.69, 9.17) is 5.26 Å². The molecular formula is C13H13FN2O. The fraction of sp³-hybridized carbons (Fsp3) is 0.385. The molecule has 1 aliphatic heterocycles. The first-order valence-electron chi connectivity index (χ1n) is 5.66. The number of nitrogens with zero attached hydrogens (tertiary/aromatic N) is 2. The molecule has 1 fully saturated rings. The standard InChI is InChI=1S/C13H13FN2O/c14-11-3-5-12(6-4-11)16-7-1-2-10(9-15)8-13(16)17/h3-6,10H,1-2,7-8H2. The lowest BCUT2D eigenvalue weighted by Gasteiger charge is -2.20. The van der Waals surface area contributed by atoms with E-state index in [1.165, 1.54) is 12.1 Å². The molecule has 1 aromatic rings. The molecule has 4 heteroatoms. The Hall–Kier alpha value is -1.89. The summed E-state index contributed by atoms with van der Waals surface area (Å²) >= 11 is 0. The molecule has 1 aromatic carbocycles. The Labute approximate surface area is 99.5 Å². The van der Waals surface area contributed by atoms with Crippen molar-refractivity contribution >= 4 is 11.6 Å². The monoisotopic (exact) mass is 232 g/mol. The van der Waals surface area contributed by atoms with Gasteiger partial charge in [0.1, 0.15) is 5.82 Å². The number of carbonyl (C=O) groups excluding carboxylic acids is 1. The summed E-state index contributed by atoms with van der Waals surface area (Å²) in [5.41, 5.74) is 0.704. The van der Waals surface area contributed by atoms with E-state index in [9.17, 15) is 9.18 Å². The molecule has 0 aliphatic carbocycles. The second kappa shape index (κ2) is 4.96. The van der Waals surface area contributed by atoms with Crippen LogP contribution < -0.4 is 4.90 Å². The maximum Gasteiger partial charge on any atom is 0.228 e. The summed E-state index contributed by atoms with van der Waals surface area (Å²) in [5.74, 6) is -0.556. The molecule has 0 spiro atoms. The summed E-state index contributed by atoms with van der Waals surface area (Å²) in [6, 6.07) is 8.03. The normalized spacial score (nSPS) is 20.8. The molecule has 2 rings (SSSR count). The van der Waals surface area contributed by atoms with E-state index >= 15 is 0 Å². The van der Waals surface area contributed by atoms with Gasteiger partial charge in [-0.15, -0.1) is 0 Å². The van der Waals surface area contributed by atoms with Crippen molar-refractivity contribution in [3.8, 4) is 6.07 Å². The highest BCUT2D eigenvalue weighted by molar-refractivity contribution is 5.93. The van der Waals surface area contributed by atoms with Crippen LogP contribution >= 0.6 is 0 Å². The molecule has 1 amide bonds. The summed E-state index contributed by atoms with van der Waals surface area (Å²) in [6.45, 7) is 0.600. The fourth-order valence-electron chi connectivity index (χ4n) is 2.05. The summed E-state index contributed by atoms with van der Waals surface area (Å²) in [6.07, 6.45) is 1.81. The van der Waals surface area contributed by atoms with Crippen molar-refractivity contribution in [1.82, 2.24) is 0 Å². The van der Waals surface area contributed by atoms with Crippen molar-refractivity contribution in [1.29, 1.82) is 5.26 Å². The quantitative estimate of drug-likeness (QED) is 0.746. The van der Waals surface area contributed by atoms with Crippen LogP contribution in [0.5, 0.6) is 0 Å². The summed E-state index contributed by atoms with van der Waals surface area (Å²) in [7, 11) is 0. The van der Waals surface area contributed by atoms with Crippen molar-refractivity contribution < 1.29 is 9.18 Å². The van der Waals surface area contributed by atoms with Crippen LogP contribution in [0.1, 0.15) is 19.3 Å². The number of benzene rings is 1. The van der Waals surface area contributed by atoms with Gasteiger partial charge in [0.2, 0.25) is 5.91 Å². The van der Waals surface area contributed by atoms with Crippen LogP contribution in [-0.2, 0) is 4.79 Å². The molecule has 1 saturated heterocycles. The Bertz CT molecular complexity index is 449. The first-order chi connectivity index (χ1) is 8.20. The van der Waals surface area contributed by atoms with Crippen molar-refractivity contribution in [2.24, 2.45) is 5.92 Å². The Morgan fingerprint density at radius 2 is 2.06 bits per heavy atom. The average molecular weight is 232 g/mol. The molecule has 0 saturated carbocycles. The molecule has 0 N–H and O–H groups in total. The van der Waals surface area contributed by atoms with E-state index < -0.39 is 0 Å². The minimum absolute atomic E-state index is 0.0549. The molecule has 3 nitrogen and oxygen atoms in total. The maximum atomic E-state index is 12.8. The number of hydrogen-bond acceptors (Lipinski definition) is 2. The van der Waals surface area contributed by atoms with E-state index in [0.717, 1.165) is 12.8 Å². The van der Waals surface area contributed by atoms with Crippen LogP contribution in [-0.4, -0.2) is 12.5 Å². The number of nitriles is 1. The second-order valence-corrected chi connectivity index (χ2v) is 4.19. The molecular weight excluding hydrogens is 219 g/mol. The highest BCUT2D eigenvalue weighted by Gasteiger charge is 2.24. The third-order valence-electron chi connectivity index (χ3n) is 2.98. The van der Waals surface area contributed by atoms with Gasteiger partial charge in [0, 0.05) is 18.7 Å². The lowest BCUT2D eigenvalue weighted by molar-refractivity contribution is -0.118. The van der Waals surface area contributed by atoms with Gasteiger partial charge >= 0.3 is 0 Å². The Morgan fingerprint density at radius 1 is 1.35 bits per heavy atom. The van der Waals surface area contributed by atoms with Crippen LogP contribution in [0, 0.1) is 23.1 Å². The summed E-state index contributed by atoms with van der Waals surface area (Å²) in [5, 5.41) is 8.86. The highest BCUT2D eigenvalue weighted by atomic mass is 19.1. The zero-order valence-electron chi connectivity index (χ0n) is 9.40. The molecule has 1 unspecified atom stereocenters. The fourth-order valence-corrected chi connectivity index (χ4v) is 2.05. The summed E-state index contributed by atoms with van der Waals surface area (Å²) in [4.78, 5) is 13.6. The van der Waals surface area contributed by atoms with Gasteiger partial charge in [0.25, 0.3) is 0 Å². The third kappa shape index (κ3) is 2.62. The van der Waals surface area contributed by atoms with Crippen molar-refractivity contribution in [2.45, 2.75) is 19.3 Å². The lowest BCUT2D eigenvalue weighted by atomic mass is 10.0. The zero-order valence-corrected chi connectivity index (χ0v) is 9.40. The minimum atomic E-state index is -0.314. The van der Waals surface area contributed by atoms with E-state index in [1.807, 2.05) is 0 Å². The van der Waals surface area contributed by atoms with Crippen LogP contribution in [0.25, 0.3) is 0 Å². The molecule has 88 valence electrons. The van der Waals surface area contributed by atoms with Gasteiger partial charge in [-0.05, 0) is 37.1 Å². The number of halogens is 1. The largest absolute Gasteiger partial charge is 0.312 e. The van der Waals surface area contributed by atoms with Crippen LogP contribution in [0.15, 0.2) is 24.3 Å². The van der Waals surface area contributed by atoms with Gasteiger partial charge in [-0.2, -0.15) is 5.26 Å². The van der Waals surface area contributed by atoms with Gasteiger partial charge in [-0.3, -0.25) is 4.79 Å². The summed E-state index contributed by atoms with van der Waals surface area (Å²) < 4.78 is 12.8. The lowest BCUT2D eigenvalue weighted by Crippen LogP contribution is -2.30. The SMILES string of the molecule is N#CC1CCCN(c2ccc(F)cc2)C(=O)C1. The number of rotatable bonds is 1. The first kappa shape index (κ1) is 11.6. The van der Waals surface area contributed by atoms with Crippen LogP contribution in [0.3, 0.4) is 0 Å². The van der Waals surface area contributed by atoms with Crippen molar-refractivity contribution in [3.05, 3.63) is 30.1 Å². The van der Waals surface area contributed by atoms with E-state index in [2.05, 4.69) is 6.07 Å². The number of carbonyl (C=O) groups is 1.